The van der Waals surface area contributed by atoms with E-state index in [1.54, 1.807) is 24.3 Å². The van der Waals surface area contributed by atoms with Crippen LogP contribution >= 0.6 is 0 Å². The number of nitrogens with one attached hydrogen (secondary N) is 1. The van der Waals surface area contributed by atoms with Gasteiger partial charge in [-0.1, -0.05) is 12.8 Å². The van der Waals surface area contributed by atoms with Crippen molar-refractivity contribution in [3.63, 3.8) is 0 Å². The largest absolute Gasteiger partial charge is 0.494 e. The molecule has 0 bridgehead atoms. The van der Waals surface area contributed by atoms with E-state index >= 15 is 0 Å². The van der Waals surface area contributed by atoms with Gasteiger partial charge in [0.15, 0.2) is 0 Å². The van der Waals surface area contributed by atoms with Crippen molar-refractivity contribution in [1.29, 1.82) is 0 Å². The van der Waals surface area contributed by atoms with Gasteiger partial charge < -0.3 is 9.84 Å². The van der Waals surface area contributed by atoms with Crippen LogP contribution in [-0.4, -0.2) is 33.3 Å². The zero-order valence-electron chi connectivity index (χ0n) is 12.1. The second-order valence-corrected chi connectivity index (χ2v) is 7.17. The quantitative estimate of drug-likeness (QED) is 0.719. The molecule has 0 amide bonds. The number of ether oxygens (including phenoxy) is 1. The van der Waals surface area contributed by atoms with Gasteiger partial charge in [0.25, 0.3) is 0 Å². The van der Waals surface area contributed by atoms with E-state index in [2.05, 4.69) is 4.72 Å². The Labute approximate surface area is 126 Å². The zero-order chi connectivity index (χ0) is 15.1. The van der Waals surface area contributed by atoms with E-state index in [0.717, 1.165) is 12.8 Å². The third kappa shape index (κ3) is 4.98. The highest BCUT2D eigenvalue weighted by atomic mass is 32.2. The van der Waals surface area contributed by atoms with Crippen molar-refractivity contribution in [2.24, 2.45) is 5.92 Å². The first-order valence-electron chi connectivity index (χ1n) is 7.45. The van der Waals surface area contributed by atoms with E-state index in [4.69, 9.17) is 9.84 Å². The van der Waals surface area contributed by atoms with Crippen molar-refractivity contribution in [2.45, 2.75) is 37.0 Å². The standard InChI is InChI=1S/C15H23NO4S/c17-10-3-11-20-14-6-8-15(9-7-14)21(18,19)16-12-13-4-1-2-5-13/h6-9,13,16-17H,1-5,10-12H2. The lowest BCUT2D eigenvalue weighted by atomic mass is 10.1. The predicted molar refractivity (Wildman–Crippen MR) is 80.8 cm³/mol. The number of hydrogen-bond acceptors (Lipinski definition) is 4. The van der Waals surface area contributed by atoms with Gasteiger partial charge >= 0.3 is 0 Å². The van der Waals surface area contributed by atoms with Crippen LogP contribution in [0.3, 0.4) is 0 Å². The number of benzene rings is 1. The summed E-state index contributed by atoms with van der Waals surface area (Å²) < 4.78 is 32.4. The van der Waals surface area contributed by atoms with Crippen LogP contribution in [0.2, 0.25) is 0 Å². The first-order valence-corrected chi connectivity index (χ1v) is 8.93. The lowest BCUT2D eigenvalue weighted by Gasteiger charge is -2.12. The summed E-state index contributed by atoms with van der Waals surface area (Å²) >= 11 is 0. The molecule has 2 N–H and O–H groups in total. The highest BCUT2D eigenvalue weighted by molar-refractivity contribution is 7.89. The first kappa shape index (κ1) is 16.3. The van der Waals surface area contributed by atoms with Gasteiger partial charge in [-0.15, -0.1) is 0 Å². The minimum atomic E-state index is -3.44. The normalized spacial score (nSPS) is 16.2. The van der Waals surface area contributed by atoms with Gasteiger partial charge in [-0.3, -0.25) is 0 Å². The molecular formula is C15H23NO4S. The Kier molecular flexibility index (Phi) is 6.02. The van der Waals surface area contributed by atoms with E-state index in [9.17, 15) is 8.42 Å². The van der Waals surface area contributed by atoms with Crippen molar-refractivity contribution in [2.75, 3.05) is 19.8 Å². The molecule has 0 heterocycles. The molecule has 0 aliphatic heterocycles. The fourth-order valence-electron chi connectivity index (χ4n) is 2.49. The Morgan fingerprint density at radius 1 is 1.19 bits per heavy atom. The summed E-state index contributed by atoms with van der Waals surface area (Å²) in [7, 11) is -3.44. The molecule has 0 spiro atoms. The van der Waals surface area contributed by atoms with Gasteiger partial charge in [0.2, 0.25) is 10.0 Å². The number of aliphatic hydroxyl groups is 1. The Bertz CT molecular complexity index is 521. The number of rotatable bonds is 8. The van der Waals surface area contributed by atoms with Gasteiger partial charge in [-0.05, 0) is 43.0 Å². The summed E-state index contributed by atoms with van der Waals surface area (Å²) in [5, 5.41) is 8.68. The van der Waals surface area contributed by atoms with Gasteiger partial charge in [-0.25, -0.2) is 13.1 Å². The average Bonchev–Trinajstić information content (AvgIpc) is 3.00. The molecule has 0 radical (unpaired) electrons. The Hall–Kier alpha value is -1.11. The lowest BCUT2D eigenvalue weighted by molar-refractivity contribution is 0.233. The summed E-state index contributed by atoms with van der Waals surface area (Å²) in [6.45, 7) is 1.02. The van der Waals surface area contributed by atoms with Crippen LogP contribution < -0.4 is 9.46 Å². The van der Waals surface area contributed by atoms with Crippen LogP contribution in [0, 0.1) is 5.92 Å². The molecule has 0 saturated heterocycles. The van der Waals surface area contributed by atoms with Crippen LogP contribution in [0.4, 0.5) is 0 Å². The van der Waals surface area contributed by atoms with Crippen molar-refractivity contribution < 1.29 is 18.3 Å². The minimum absolute atomic E-state index is 0.0809. The van der Waals surface area contributed by atoms with E-state index in [1.165, 1.54) is 12.8 Å². The van der Waals surface area contributed by atoms with Gasteiger partial charge in [-0.2, -0.15) is 0 Å². The van der Waals surface area contributed by atoms with Gasteiger partial charge in [0.05, 0.1) is 11.5 Å². The number of hydrogen-bond donors (Lipinski definition) is 2. The third-order valence-corrected chi connectivity index (χ3v) is 5.18. The molecule has 21 heavy (non-hydrogen) atoms. The molecule has 1 aliphatic carbocycles. The second-order valence-electron chi connectivity index (χ2n) is 5.40. The van der Waals surface area contributed by atoms with E-state index < -0.39 is 10.0 Å². The van der Waals surface area contributed by atoms with Crippen molar-refractivity contribution in [1.82, 2.24) is 4.72 Å². The Morgan fingerprint density at radius 3 is 2.48 bits per heavy atom. The van der Waals surface area contributed by atoms with E-state index in [0.29, 0.717) is 31.2 Å². The highest BCUT2D eigenvalue weighted by Crippen LogP contribution is 2.24. The molecule has 118 valence electrons. The van der Waals surface area contributed by atoms with Crippen LogP contribution in [-0.2, 0) is 10.0 Å². The molecule has 0 atom stereocenters. The van der Waals surface area contributed by atoms with Crippen molar-refractivity contribution in [3.05, 3.63) is 24.3 Å². The number of sulfonamides is 1. The van der Waals surface area contributed by atoms with Crippen LogP contribution in [0.25, 0.3) is 0 Å². The van der Waals surface area contributed by atoms with Crippen LogP contribution in [0.1, 0.15) is 32.1 Å². The minimum Gasteiger partial charge on any atom is -0.494 e. The van der Waals surface area contributed by atoms with Crippen molar-refractivity contribution >= 4 is 10.0 Å². The molecule has 2 rings (SSSR count). The zero-order valence-corrected chi connectivity index (χ0v) is 12.9. The van der Waals surface area contributed by atoms with Crippen LogP contribution in [0.15, 0.2) is 29.2 Å². The van der Waals surface area contributed by atoms with Gasteiger partial charge in [0.1, 0.15) is 5.75 Å². The second kappa shape index (κ2) is 7.77. The summed E-state index contributed by atoms with van der Waals surface area (Å²) in [4.78, 5) is 0.259. The molecule has 5 nitrogen and oxygen atoms in total. The molecule has 1 aromatic rings. The lowest BCUT2D eigenvalue weighted by Crippen LogP contribution is -2.28. The maximum atomic E-state index is 12.2. The molecule has 0 aromatic heterocycles. The topological polar surface area (TPSA) is 75.6 Å². The summed E-state index contributed by atoms with van der Waals surface area (Å²) in [6.07, 6.45) is 5.18. The number of aliphatic hydroxyl groups excluding tert-OH is 1. The highest BCUT2D eigenvalue weighted by Gasteiger charge is 2.19. The molecule has 1 aliphatic rings. The Balaban J connectivity index is 1.89. The fourth-order valence-corrected chi connectivity index (χ4v) is 3.61. The maximum Gasteiger partial charge on any atom is 0.240 e. The van der Waals surface area contributed by atoms with Crippen LogP contribution in [0.5, 0.6) is 5.75 Å². The fraction of sp³-hybridized carbons (Fsp3) is 0.600. The molecule has 6 heteroatoms. The maximum absolute atomic E-state index is 12.2. The average molecular weight is 313 g/mol. The molecular weight excluding hydrogens is 290 g/mol. The summed E-state index contributed by atoms with van der Waals surface area (Å²) in [6, 6.07) is 6.37. The SMILES string of the molecule is O=S(=O)(NCC1CCCC1)c1ccc(OCCCO)cc1. The molecule has 1 aromatic carbocycles. The molecule has 1 fully saturated rings. The predicted octanol–water partition coefficient (Wildman–Crippen LogP) is 1.92. The first-order chi connectivity index (χ1) is 10.1. The Morgan fingerprint density at radius 2 is 1.86 bits per heavy atom. The molecule has 1 saturated carbocycles. The monoisotopic (exact) mass is 313 g/mol. The molecule has 0 unspecified atom stereocenters. The van der Waals surface area contributed by atoms with Gasteiger partial charge in [0, 0.05) is 19.6 Å². The van der Waals surface area contributed by atoms with E-state index in [-0.39, 0.29) is 11.5 Å². The third-order valence-electron chi connectivity index (χ3n) is 3.74. The summed E-state index contributed by atoms with van der Waals surface area (Å²) in [5.41, 5.74) is 0. The van der Waals surface area contributed by atoms with E-state index in [1.807, 2.05) is 0 Å². The summed E-state index contributed by atoms with van der Waals surface area (Å²) in [5.74, 6) is 1.08. The smallest absolute Gasteiger partial charge is 0.240 e. The van der Waals surface area contributed by atoms with Crippen molar-refractivity contribution in [3.8, 4) is 5.75 Å².